The topological polar surface area (TPSA) is 65.5 Å². The zero-order chi connectivity index (χ0) is 14.1. The maximum Gasteiger partial charge on any atom is 0.243 e. The monoisotopic (exact) mass is 266 g/mol. The highest BCUT2D eigenvalue weighted by atomic mass is 19.1. The van der Waals surface area contributed by atoms with E-state index in [1.54, 1.807) is 7.05 Å². The van der Waals surface area contributed by atoms with E-state index in [9.17, 15) is 9.18 Å². The molecule has 0 spiro atoms. The molecule has 0 aliphatic carbocycles. The molecular formula is C13H19FN4O. The number of aliphatic imine (C=N–C) groups is 1. The van der Waals surface area contributed by atoms with Gasteiger partial charge in [-0.1, -0.05) is 6.92 Å². The van der Waals surface area contributed by atoms with Crippen molar-refractivity contribution < 1.29 is 9.18 Å². The van der Waals surface area contributed by atoms with Crippen LogP contribution in [-0.4, -0.2) is 32.0 Å². The number of amides is 1. The van der Waals surface area contributed by atoms with Gasteiger partial charge in [0, 0.05) is 19.3 Å². The lowest BCUT2D eigenvalue weighted by Crippen LogP contribution is -2.41. The van der Waals surface area contributed by atoms with Crippen molar-refractivity contribution >= 4 is 17.6 Å². The van der Waals surface area contributed by atoms with Gasteiger partial charge in [0.2, 0.25) is 5.91 Å². The summed E-state index contributed by atoms with van der Waals surface area (Å²) in [6.07, 6.45) is 0.975. The van der Waals surface area contributed by atoms with Gasteiger partial charge in [-0.2, -0.15) is 0 Å². The number of guanidine groups is 1. The Labute approximate surface area is 112 Å². The second kappa shape index (κ2) is 8.07. The second-order valence-corrected chi connectivity index (χ2v) is 3.91. The third kappa shape index (κ3) is 5.85. The molecule has 3 N–H and O–H groups in total. The summed E-state index contributed by atoms with van der Waals surface area (Å²) in [5.41, 5.74) is 0.560. The number of nitrogens with one attached hydrogen (secondary N) is 3. The average Bonchev–Trinajstić information content (AvgIpc) is 2.42. The smallest absolute Gasteiger partial charge is 0.243 e. The van der Waals surface area contributed by atoms with Crippen LogP contribution in [0, 0.1) is 5.82 Å². The van der Waals surface area contributed by atoms with E-state index in [-0.39, 0.29) is 18.3 Å². The highest BCUT2D eigenvalue weighted by molar-refractivity contribution is 5.94. The second-order valence-electron chi connectivity index (χ2n) is 3.91. The van der Waals surface area contributed by atoms with Crippen LogP contribution in [0.2, 0.25) is 0 Å². The number of anilines is 1. The molecule has 0 saturated carbocycles. The fourth-order valence-corrected chi connectivity index (χ4v) is 1.37. The van der Waals surface area contributed by atoms with E-state index in [2.05, 4.69) is 20.9 Å². The van der Waals surface area contributed by atoms with Gasteiger partial charge in [0.05, 0.1) is 6.54 Å². The highest BCUT2D eigenvalue weighted by Crippen LogP contribution is 2.07. The van der Waals surface area contributed by atoms with Gasteiger partial charge in [-0.05, 0) is 30.7 Å². The maximum absolute atomic E-state index is 12.7. The fourth-order valence-electron chi connectivity index (χ4n) is 1.37. The summed E-state index contributed by atoms with van der Waals surface area (Å²) in [7, 11) is 1.64. The molecule has 0 saturated heterocycles. The Hall–Kier alpha value is -2.11. The number of carbonyl (C=O) groups excluding carboxylic acids is 1. The molecule has 0 aromatic heterocycles. The Kier molecular flexibility index (Phi) is 6.35. The summed E-state index contributed by atoms with van der Waals surface area (Å²) >= 11 is 0. The zero-order valence-electron chi connectivity index (χ0n) is 11.2. The molecule has 0 aliphatic heterocycles. The van der Waals surface area contributed by atoms with Crippen molar-refractivity contribution in [2.75, 3.05) is 25.5 Å². The molecule has 1 aromatic rings. The Balaban J connectivity index is 2.36. The van der Waals surface area contributed by atoms with Gasteiger partial charge in [0.15, 0.2) is 5.96 Å². The van der Waals surface area contributed by atoms with Gasteiger partial charge in [-0.25, -0.2) is 4.39 Å². The molecule has 0 aliphatic rings. The molecular weight excluding hydrogens is 247 g/mol. The molecule has 1 amide bonds. The van der Waals surface area contributed by atoms with E-state index < -0.39 is 0 Å². The first-order valence-electron chi connectivity index (χ1n) is 6.15. The lowest BCUT2D eigenvalue weighted by molar-refractivity contribution is -0.115. The normalized spacial score (nSPS) is 11.0. The third-order valence-corrected chi connectivity index (χ3v) is 2.31. The molecule has 19 heavy (non-hydrogen) atoms. The van der Waals surface area contributed by atoms with Crippen molar-refractivity contribution in [1.82, 2.24) is 10.6 Å². The molecule has 1 rings (SSSR count). The summed E-state index contributed by atoms with van der Waals surface area (Å²) < 4.78 is 12.7. The van der Waals surface area contributed by atoms with Crippen molar-refractivity contribution in [1.29, 1.82) is 0 Å². The lowest BCUT2D eigenvalue weighted by atomic mass is 10.3. The minimum absolute atomic E-state index is 0.0980. The summed E-state index contributed by atoms with van der Waals surface area (Å²) in [4.78, 5) is 15.6. The van der Waals surface area contributed by atoms with Crippen LogP contribution in [0.1, 0.15) is 13.3 Å². The first-order chi connectivity index (χ1) is 9.15. The molecule has 0 radical (unpaired) electrons. The summed E-state index contributed by atoms with van der Waals surface area (Å²) in [5, 5.41) is 8.60. The van der Waals surface area contributed by atoms with E-state index in [4.69, 9.17) is 0 Å². The molecule has 5 nitrogen and oxygen atoms in total. The first-order valence-corrected chi connectivity index (χ1v) is 6.15. The van der Waals surface area contributed by atoms with Crippen molar-refractivity contribution in [3.05, 3.63) is 30.1 Å². The molecule has 0 bridgehead atoms. The van der Waals surface area contributed by atoms with Crippen LogP contribution in [0.25, 0.3) is 0 Å². The van der Waals surface area contributed by atoms with E-state index >= 15 is 0 Å². The van der Waals surface area contributed by atoms with Crippen LogP contribution in [0.4, 0.5) is 10.1 Å². The lowest BCUT2D eigenvalue weighted by Gasteiger charge is -2.11. The van der Waals surface area contributed by atoms with Crippen LogP contribution >= 0.6 is 0 Å². The van der Waals surface area contributed by atoms with E-state index in [0.717, 1.165) is 13.0 Å². The molecule has 0 heterocycles. The number of halogens is 1. The van der Waals surface area contributed by atoms with Crippen molar-refractivity contribution in [2.45, 2.75) is 13.3 Å². The molecule has 1 aromatic carbocycles. The fraction of sp³-hybridized carbons (Fsp3) is 0.385. The molecule has 0 atom stereocenters. The van der Waals surface area contributed by atoms with Crippen molar-refractivity contribution in [3.8, 4) is 0 Å². The minimum Gasteiger partial charge on any atom is -0.356 e. The van der Waals surface area contributed by atoms with Gasteiger partial charge in [0.1, 0.15) is 5.82 Å². The van der Waals surface area contributed by atoms with Crippen molar-refractivity contribution in [2.24, 2.45) is 4.99 Å². The van der Waals surface area contributed by atoms with Gasteiger partial charge >= 0.3 is 0 Å². The number of rotatable bonds is 5. The summed E-state index contributed by atoms with van der Waals surface area (Å²) in [6.45, 7) is 2.93. The van der Waals surface area contributed by atoms with E-state index in [1.807, 2.05) is 6.92 Å². The quantitative estimate of drug-likeness (QED) is 0.556. The Bertz CT molecular complexity index is 431. The predicted octanol–water partition coefficient (Wildman–Crippen LogP) is 1.34. The minimum atomic E-state index is -0.333. The standard InChI is InChI=1S/C13H19FN4O/c1-3-8-16-13(15-2)17-9-12(19)18-11-6-4-10(14)5-7-11/h4-7H,3,8-9H2,1-2H3,(H,18,19)(H2,15,16,17). The molecule has 0 unspecified atom stereocenters. The largest absolute Gasteiger partial charge is 0.356 e. The number of hydrogen-bond donors (Lipinski definition) is 3. The number of benzene rings is 1. The van der Waals surface area contributed by atoms with Gasteiger partial charge in [-0.15, -0.1) is 0 Å². The van der Waals surface area contributed by atoms with Gasteiger partial charge in [0.25, 0.3) is 0 Å². The maximum atomic E-state index is 12.7. The van der Waals surface area contributed by atoms with Crippen LogP contribution < -0.4 is 16.0 Å². The van der Waals surface area contributed by atoms with Crippen LogP contribution in [0.5, 0.6) is 0 Å². The van der Waals surface area contributed by atoms with E-state index in [0.29, 0.717) is 11.6 Å². The highest BCUT2D eigenvalue weighted by Gasteiger charge is 2.03. The molecule has 0 fully saturated rings. The number of hydrogen-bond acceptors (Lipinski definition) is 2. The van der Waals surface area contributed by atoms with Crippen LogP contribution in [0.3, 0.4) is 0 Å². The predicted molar refractivity (Wildman–Crippen MR) is 74.7 cm³/mol. The van der Waals surface area contributed by atoms with E-state index in [1.165, 1.54) is 24.3 Å². The Morgan fingerprint density at radius 3 is 2.53 bits per heavy atom. The van der Waals surface area contributed by atoms with Gasteiger partial charge < -0.3 is 16.0 Å². The Morgan fingerprint density at radius 1 is 1.26 bits per heavy atom. The molecule has 6 heteroatoms. The first kappa shape index (κ1) is 14.9. The third-order valence-electron chi connectivity index (χ3n) is 2.31. The average molecular weight is 266 g/mol. The Morgan fingerprint density at radius 2 is 1.95 bits per heavy atom. The van der Waals surface area contributed by atoms with Crippen molar-refractivity contribution in [3.63, 3.8) is 0 Å². The zero-order valence-corrected chi connectivity index (χ0v) is 11.2. The van der Waals surface area contributed by atoms with Crippen LogP contribution in [0.15, 0.2) is 29.3 Å². The summed E-state index contributed by atoms with van der Waals surface area (Å²) in [5.74, 6) is 0.0301. The van der Waals surface area contributed by atoms with Gasteiger partial charge in [-0.3, -0.25) is 9.79 Å². The van der Waals surface area contributed by atoms with Crippen LogP contribution in [-0.2, 0) is 4.79 Å². The summed E-state index contributed by atoms with van der Waals surface area (Å²) in [6, 6.07) is 5.62. The number of carbonyl (C=O) groups is 1. The SMILES string of the molecule is CCCNC(=NC)NCC(=O)Nc1ccc(F)cc1. The molecule has 104 valence electrons. The number of nitrogens with zero attached hydrogens (tertiary/aromatic N) is 1.